The second-order valence-electron chi connectivity index (χ2n) is 10.5. The topological polar surface area (TPSA) is 46.0 Å². The average Bonchev–Trinajstić information content (AvgIpc) is 3.38. The second-order valence-corrected chi connectivity index (χ2v) is 11.6. The molecule has 2 heterocycles. The molecule has 4 heteroatoms. The van der Waals surface area contributed by atoms with E-state index in [4.69, 9.17) is 4.98 Å². The monoisotopic (exact) mass is 512 g/mol. The first-order chi connectivity index (χ1) is 18.4. The summed E-state index contributed by atoms with van der Waals surface area (Å²) >= 11 is 1.60. The van der Waals surface area contributed by atoms with Crippen LogP contribution in [0.25, 0.3) is 54.3 Å². The Bertz CT molecular complexity index is 1750. The Labute approximate surface area is 227 Å². The molecule has 0 unspecified atom stereocenters. The van der Waals surface area contributed by atoms with E-state index in [-0.39, 0.29) is 11.2 Å². The Hall–Kier alpha value is -4.28. The molecule has 0 saturated heterocycles. The number of thiazole rings is 1. The zero-order valence-electron chi connectivity index (χ0n) is 21.6. The molecule has 38 heavy (non-hydrogen) atoms. The summed E-state index contributed by atoms with van der Waals surface area (Å²) in [6, 6.07) is 35.0. The molecule has 0 aliphatic rings. The van der Waals surface area contributed by atoms with Crippen molar-refractivity contribution < 1.29 is 5.11 Å². The molecule has 186 valence electrons. The number of pyridine rings is 1. The number of phenolic OH excluding ortho intramolecular Hbond substituents is 1. The Morgan fingerprint density at radius 3 is 2.21 bits per heavy atom. The number of aromatic nitrogens is 2. The van der Waals surface area contributed by atoms with E-state index in [0.29, 0.717) is 0 Å². The summed E-state index contributed by atoms with van der Waals surface area (Å²) in [5.74, 6) is 0.234. The lowest BCUT2D eigenvalue weighted by Gasteiger charge is -2.21. The first kappa shape index (κ1) is 24.1. The SMILES string of the molecule is CC(C)(C)c1cc(-c2ccccn2)cc(-c2cccc3sc(-c4cc(-c5ccccc5)ccc4O)nc23)c1. The minimum atomic E-state index is -0.0235. The van der Waals surface area contributed by atoms with Gasteiger partial charge in [0.15, 0.2) is 0 Å². The van der Waals surface area contributed by atoms with E-state index >= 15 is 0 Å². The van der Waals surface area contributed by atoms with Gasteiger partial charge in [-0.3, -0.25) is 4.98 Å². The van der Waals surface area contributed by atoms with Gasteiger partial charge in [0, 0.05) is 17.3 Å². The minimum Gasteiger partial charge on any atom is -0.507 e. The van der Waals surface area contributed by atoms with Crippen LogP contribution in [0.1, 0.15) is 26.3 Å². The molecule has 6 aromatic rings. The van der Waals surface area contributed by atoms with Crippen LogP contribution in [0.2, 0.25) is 0 Å². The maximum absolute atomic E-state index is 10.8. The van der Waals surface area contributed by atoms with Crippen molar-refractivity contribution in [3.8, 4) is 49.8 Å². The highest BCUT2D eigenvalue weighted by molar-refractivity contribution is 7.21. The summed E-state index contributed by atoms with van der Waals surface area (Å²) < 4.78 is 1.09. The molecule has 0 aliphatic heterocycles. The third-order valence-electron chi connectivity index (χ3n) is 6.82. The first-order valence-electron chi connectivity index (χ1n) is 12.7. The Morgan fingerprint density at radius 1 is 0.658 bits per heavy atom. The van der Waals surface area contributed by atoms with Gasteiger partial charge in [0.25, 0.3) is 0 Å². The molecule has 0 spiro atoms. The Kier molecular flexibility index (Phi) is 6.05. The molecule has 0 fully saturated rings. The Morgan fingerprint density at radius 2 is 1.45 bits per heavy atom. The lowest BCUT2D eigenvalue weighted by molar-refractivity contribution is 0.477. The number of phenols is 1. The zero-order chi connectivity index (χ0) is 26.3. The standard InChI is InChI=1S/C34H28N2OS/c1-34(2,3)26-19-24(18-25(20-26)29-13-7-8-17-35-29)27-12-9-14-31-32(27)36-33(38-31)28-21-23(15-16-30(28)37)22-10-5-4-6-11-22/h4-21,37H,1-3H3. The highest BCUT2D eigenvalue weighted by atomic mass is 32.1. The molecule has 0 atom stereocenters. The highest BCUT2D eigenvalue weighted by Crippen LogP contribution is 2.41. The van der Waals surface area contributed by atoms with Crippen molar-refractivity contribution >= 4 is 21.6 Å². The molecule has 1 N–H and O–H groups in total. The van der Waals surface area contributed by atoms with E-state index in [1.165, 1.54) is 5.56 Å². The third-order valence-corrected chi connectivity index (χ3v) is 7.88. The molecule has 0 bridgehead atoms. The van der Waals surface area contributed by atoms with Gasteiger partial charge in [0.2, 0.25) is 0 Å². The number of fused-ring (bicyclic) bond motifs is 1. The summed E-state index contributed by atoms with van der Waals surface area (Å²) in [5, 5.41) is 11.6. The highest BCUT2D eigenvalue weighted by Gasteiger charge is 2.19. The van der Waals surface area contributed by atoms with Crippen molar-refractivity contribution in [1.82, 2.24) is 9.97 Å². The van der Waals surface area contributed by atoms with Crippen molar-refractivity contribution in [1.29, 1.82) is 0 Å². The summed E-state index contributed by atoms with van der Waals surface area (Å²) in [7, 11) is 0. The van der Waals surface area contributed by atoms with E-state index in [1.54, 1.807) is 17.4 Å². The molecular weight excluding hydrogens is 484 g/mol. The van der Waals surface area contributed by atoms with Crippen LogP contribution in [0.3, 0.4) is 0 Å². The van der Waals surface area contributed by atoms with Crippen LogP contribution in [0.5, 0.6) is 5.75 Å². The van der Waals surface area contributed by atoms with E-state index < -0.39 is 0 Å². The van der Waals surface area contributed by atoms with E-state index in [2.05, 4.69) is 80.4 Å². The van der Waals surface area contributed by atoms with Crippen molar-refractivity contribution in [3.63, 3.8) is 0 Å². The normalized spacial score (nSPS) is 11.7. The summed E-state index contributed by atoms with van der Waals surface area (Å²) in [4.78, 5) is 9.71. The quantitative estimate of drug-likeness (QED) is 0.256. The fourth-order valence-electron chi connectivity index (χ4n) is 4.71. The molecule has 0 radical (unpaired) electrons. The fraction of sp³-hybridized carbons (Fsp3) is 0.118. The number of nitrogens with zero attached hydrogens (tertiary/aromatic N) is 2. The number of para-hydroxylation sites is 1. The van der Waals surface area contributed by atoms with Crippen molar-refractivity contribution in [2.75, 3.05) is 0 Å². The number of hydrogen-bond donors (Lipinski definition) is 1. The molecule has 6 rings (SSSR count). The predicted molar refractivity (Wildman–Crippen MR) is 160 cm³/mol. The second kappa shape index (κ2) is 9.55. The summed E-state index contributed by atoms with van der Waals surface area (Å²) in [6.07, 6.45) is 1.84. The molecule has 0 aliphatic carbocycles. The first-order valence-corrected chi connectivity index (χ1v) is 13.5. The number of aromatic hydroxyl groups is 1. The van der Waals surface area contributed by atoms with Crippen molar-refractivity contribution in [2.24, 2.45) is 0 Å². The van der Waals surface area contributed by atoms with E-state index in [1.807, 2.05) is 48.7 Å². The van der Waals surface area contributed by atoms with Gasteiger partial charge >= 0.3 is 0 Å². The van der Waals surface area contributed by atoms with Gasteiger partial charge in [-0.25, -0.2) is 4.98 Å². The molecule has 3 nitrogen and oxygen atoms in total. The van der Waals surface area contributed by atoms with Crippen LogP contribution in [0.15, 0.2) is 109 Å². The van der Waals surface area contributed by atoms with Crippen LogP contribution in [-0.2, 0) is 5.41 Å². The van der Waals surface area contributed by atoms with Crippen LogP contribution in [-0.4, -0.2) is 15.1 Å². The maximum atomic E-state index is 10.8. The molecule has 0 saturated carbocycles. The van der Waals surface area contributed by atoms with Gasteiger partial charge in [-0.15, -0.1) is 11.3 Å². The predicted octanol–water partition coefficient (Wildman–Crippen LogP) is 9.36. The van der Waals surface area contributed by atoms with E-state index in [9.17, 15) is 5.11 Å². The van der Waals surface area contributed by atoms with Gasteiger partial charge in [-0.1, -0.05) is 81.4 Å². The van der Waals surface area contributed by atoms with E-state index in [0.717, 1.165) is 54.3 Å². The summed E-state index contributed by atoms with van der Waals surface area (Å²) in [6.45, 7) is 6.70. The van der Waals surface area contributed by atoms with Crippen LogP contribution >= 0.6 is 11.3 Å². The largest absolute Gasteiger partial charge is 0.507 e. The Balaban J connectivity index is 1.51. The lowest BCUT2D eigenvalue weighted by atomic mass is 9.83. The molecular formula is C34H28N2OS. The zero-order valence-corrected chi connectivity index (χ0v) is 22.5. The third kappa shape index (κ3) is 4.59. The maximum Gasteiger partial charge on any atom is 0.128 e. The van der Waals surface area contributed by atoms with Gasteiger partial charge in [0.1, 0.15) is 10.8 Å². The fourth-order valence-corrected chi connectivity index (χ4v) is 5.73. The van der Waals surface area contributed by atoms with Gasteiger partial charge in [0.05, 0.1) is 21.5 Å². The van der Waals surface area contributed by atoms with Gasteiger partial charge in [-0.05, 0) is 70.1 Å². The molecule has 4 aromatic carbocycles. The van der Waals surface area contributed by atoms with Crippen LogP contribution in [0.4, 0.5) is 0 Å². The van der Waals surface area contributed by atoms with Gasteiger partial charge < -0.3 is 5.11 Å². The number of benzene rings is 4. The summed E-state index contributed by atoms with van der Waals surface area (Å²) in [5.41, 5.74) is 9.30. The van der Waals surface area contributed by atoms with Crippen LogP contribution in [0, 0.1) is 0 Å². The van der Waals surface area contributed by atoms with Crippen molar-refractivity contribution in [2.45, 2.75) is 26.2 Å². The van der Waals surface area contributed by atoms with Crippen molar-refractivity contribution in [3.05, 3.63) is 115 Å². The lowest BCUT2D eigenvalue weighted by Crippen LogP contribution is -2.11. The average molecular weight is 513 g/mol. The minimum absolute atomic E-state index is 0.0235. The smallest absolute Gasteiger partial charge is 0.128 e. The molecule has 2 aromatic heterocycles. The molecule has 0 amide bonds. The van der Waals surface area contributed by atoms with Gasteiger partial charge in [-0.2, -0.15) is 0 Å². The van der Waals surface area contributed by atoms with Crippen LogP contribution < -0.4 is 0 Å². The number of hydrogen-bond acceptors (Lipinski definition) is 4. The number of rotatable bonds is 4.